The zero-order valence-electron chi connectivity index (χ0n) is 13.8. The first-order chi connectivity index (χ1) is 10.0. The number of likely N-dealkylation sites (N-methyl/N-ethyl adjacent to an activating group) is 1. The molecule has 0 spiro atoms. The second kappa shape index (κ2) is 9.80. The lowest BCUT2D eigenvalue weighted by atomic mass is 10.1. The summed E-state index contributed by atoms with van der Waals surface area (Å²) in [7, 11) is 0. The lowest BCUT2D eigenvalue weighted by molar-refractivity contribution is 0.174. The molecule has 0 radical (unpaired) electrons. The van der Waals surface area contributed by atoms with Crippen LogP contribution in [0.25, 0.3) is 0 Å². The van der Waals surface area contributed by atoms with Crippen LogP contribution in [0.2, 0.25) is 4.34 Å². The topological polar surface area (TPSA) is 32.5 Å². The molecule has 1 heterocycles. The first-order valence-corrected chi connectivity index (χ1v) is 9.20. The van der Waals surface area contributed by atoms with Crippen molar-refractivity contribution in [3.63, 3.8) is 0 Å². The Kier molecular flexibility index (Phi) is 8.83. The molecule has 0 aromatic carbocycles. The summed E-state index contributed by atoms with van der Waals surface area (Å²) in [5.41, 5.74) is 6.25. The van der Waals surface area contributed by atoms with Gasteiger partial charge in [-0.15, -0.1) is 11.3 Å². The highest BCUT2D eigenvalue weighted by atomic mass is 35.5. The summed E-state index contributed by atoms with van der Waals surface area (Å²) in [6.45, 7) is 14.2. The van der Waals surface area contributed by atoms with E-state index in [1.807, 2.05) is 6.07 Å². The molecular formula is C16H30ClN3S. The van der Waals surface area contributed by atoms with E-state index in [4.69, 9.17) is 17.3 Å². The fraction of sp³-hybridized carbons (Fsp3) is 0.750. The second-order valence-electron chi connectivity index (χ2n) is 5.45. The van der Waals surface area contributed by atoms with Gasteiger partial charge in [-0.1, -0.05) is 32.4 Å². The molecule has 2 unspecified atom stereocenters. The Hall–Kier alpha value is -0.130. The molecule has 0 aliphatic heterocycles. The number of hydrogen-bond donors (Lipinski definition) is 1. The molecule has 1 aromatic heterocycles. The first-order valence-electron chi connectivity index (χ1n) is 8.00. The molecule has 0 bridgehead atoms. The lowest BCUT2D eigenvalue weighted by Gasteiger charge is -2.33. The number of rotatable bonds is 10. The fourth-order valence-corrected chi connectivity index (χ4v) is 4.10. The van der Waals surface area contributed by atoms with Gasteiger partial charge in [-0.2, -0.15) is 0 Å². The molecule has 0 aliphatic rings. The van der Waals surface area contributed by atoms with Gasteiger partial charge in [0.25, 0.3) is 0 Å². The van der Waals surface area contributed by atoms with Crippen molar-refractivity contribution in [1.82, 2.24) is 9.80 Å². The van der Waals surface area contributed by atoms with E-state index in [1.54, 1.807) is 11.3 Å². The molecule has 5 heteroatoms. The third kappa shape index (κ3) is 5.87. The highest BCUT2D eigenvalue weighted by Crippen LogP contribution is 2.32. The zero-order chi connectivity index (χ0) is 15.8. The molecule has 0 saturated heterocycles. The average Bonchev–Trinajstić information content (AvgIpc) is 2.87. The van der Waals surface area contributed by atoms with Crippen molar-refractivity contribution in [2.24, 2.45) is 5.73 Å². The molecule has 1 rings (SSSR count). The summed E-state index contributed by atoms with van der Waals surface area (Å²) in [5.74, 6) is 0. The summed E-state index contributed by atoms with van der Waals surface area (Å²) in [6, 6.07) is 4.46. The minimum atomic E-state index is 0.105. The molecule has 0 saturated carbocycles. The Balaban J connectivity index is 2.66. The predicted octanol–water partition coefficient (Wildman–Crippen LogP) is 3.84. The summed E-state index contributed by atoms with van der Waals surface area (Å²) in [4.78, 5) is 6.23. The van der Waals surface area contributed by atoms with E-state index < -0.39 is 0 Å². The lowest BCUT2D eigenvalue weighted by Crippen LogP contribution is -2.40. The molecule has 0 aliphatic carbocycles. The average molecular weight is 332 g/mol. The van der Waals surface area contributed by atoms with Crippen molar-refractivity contribution < 1.29 is 0 Å². The van der Waals surface area contributed by atoms with Crippen molar-refractivity contribution in [3.8, 4) is 0 Å². The van der Waals surface area contributed by atoms with E-state index in [9.17, 15) is 0 Å². The molecule has 2 N–H and O–H groups in total. The van der Waals surface area contributed by atoms with Gasteiger partial charge < -0.3 is 10.6 Å². The van der Waals surface area contributed by atoms with Gasteiger partial charge in [0.15, 0.2) is 0 Å². The van der Waals surface area contributed by atoms with Gasteiger partial charge in [0.05, 0.1) is 10.4 Å². The number of nitrogens with zero attached hydrogens (tertiary/aromatic N) is 2. The Morgan fingerprint density at radius 1 is 1.14 bits per heavy atom. The van der Waals surface area contributed by atoms with Crippen molar-refractivity contribution >= 4 is 22.9 Å². The Morgan fingerprint density at radius 3 is 2.24 bits per heavy atom. The van der Waals surface area contributed by atoms with E-state index in [1.165, 1.54) is 11.3 Å². The van der Waals surface area contributed by atoms with Crippen LogP contribution in [0.15, 0.2) is 12.1 Å². The first kappa shape index (κ1) is 18.9. The van der Waals surface area contributed by atoms with Crippen LogP contribution in [0, 0.1) is 0 Å². The smallest absolute Gasteiger partial charge is 0.0931 e. The highest BCUT2D eigenvalue weighted by molar-refractivity contribution is 7.16. The maximum absolute atomic E-state index is 6.25. The van der Waals surface area contributed by atoms with Crippen LogP contribution in [0.1, 0.15) is 45.0 Å². The van der Waals surface area contributed by atoms with Gasteiger partial charge in [0.2, 0.25) is 0 Å². The van der Waals surface area contributed by atoms with Crippen molar-refractivity contribution in [2.45, 2.75) is 46.2 Å². The van der Waals surface area contributed by atoms with E-state index in [2.05, 4.69) is 43.6 Å². The van der Waals surface area contributed by atoms with Gasteiger partial charge >= 0.3 is 0 Å². The van der Waals surface area contributed by atoms with Gasteiger partial charge in [-0.3, -0.25) is 4.90 Å². The maximum atomic E-state index is 6.25. The summed E-state index contributed by atoms with van der Waals surface area (Å²) in [5, 5.41) is 0. The minimum Gasteiger partial charge on any atom is -0.326 e. The van der Waals surface area contributed by atoms with Crippen molar-refractivity contribution in [1.29, 1.82) is 0 Å². The van der Waals surface area contributed by atoms with Crippen molar-refractivity contribution in [3.05, 3.63) is 21.3 Å². The molecule has 0 fully saturated rings. The van der Waals surface area contributed by atoms with Crippen LogP contribution in [-0.2, 0) is 0 Å². The van der Waals surface area contributed by atoms with Crippen molar-refractivity contribution in [2.75, 3.05) is 32.7 Å². The van der Waals surface area contributed by atoms with E-state index in [0.717, 1.165) is 37.1 Å². The molecule has 3 nitrogen and oxygen atoms in total. The monoisotopic (exact) mass is 331 g/mol. The Labute approximate surface area is 139 Å². The minimum absolute atomic E-state index is 0.105. The Morgan fingerprint density at radius 2 is 1.81 bits per heavy atom. The van der Waals surface area contributed by atoms with Gasteiger partial charge in [0.1, 0.15) is 0 Å². The Bertz CT molecular complexity index is 391. The van der Waals surface area contributed by atoms with E-state index in [0.29, 0.717) is 0 Å². The number of hydrogen-bond acceptors (Lipinski definition) is 4. The third-order valence-corrected chi connectivity index (χ3v) is 5.30. The summed E-state index contributed by atoms with van der Waals surface area (Å²) >= 11 is 7.74. The predicted molar refractivity (Wildman–Crippen MR) is 95.4 cm³/mol. The highest BCUT2D eigenvalue weighted by Gasteiger charge is 2.24. The third-order valence-electron chi connectivity index (χ3n) is 4.00. The molecule has 122 valence electrons. The summed E-state index contributed by atoms with van der Waals surface area (Å²) < 4.78 is 0.842. The second-order valence-corrected chi connectivity index (χ2v) is 7.20. The van der Waals surface area contributed by atoms with Crippen LogP contribution < -0.4 is 5.73 Å². The van der Waals surface area contributed by atoms with Gasteiger partial charge in [-0.25, -0.2) is 0 Å². The number of halogens is 1. The fourth-order valence-electron chi connectivity index (χ4n) is 2.79. The number of nitrogens with two attached hydrogens (primary N) is 1. The maximum Gasteiger partial charge on any atom is 0.0931 e. The zero-order valence-corrected chi connectivity index (χ0v) is 15.4. The van der Waals surface area contributed by atoms with E-state index >= 15 is 0 Å². The van der Waals surface area contributed by atoms with Crippen LogP contribution in [0.5, 0.6) is 0 Å². The van der Waals surface area contributed by atoms with Crippen LogP contribution in [0.4, 0.5) is 0 Å². The normalized spacial score (nSPS) is 14.9. The SMILES string of the molecule is CCN(CC)CCCN(CC)C(c1ccc(Cl)s1)C(C)N. The largest absolute Gasteiger partial charge is 0.326 e. The summed E-state index contributed by atoms with van der Waals surface area (Å²) in [6.07, 6.45) is 1.18. The standard InChI is InChI=1S/C16H30ClN3S/c1-5-19(6-2)11-8-12-20(7-3)16(13(4)18)14-9-10-15(17)21-14/h9-10,13,16H,5-8,11-12,18H2,1-4H3. The van der Waals surface area contributed by atoms with Gasteiger partial charge in [0, 0.05) is 17.5 Å². The quantitative estimate of drug-likeness (QED) is 0.707. The molecule has 21 heavy (non-hydrogen) atoms. The number of thiophene rings is 1. The van der Waals surface area contributed by atoms with Crippen LogP contribution >= 0.6 is 22.9 Å². The molecule has 0 amide bonds. The van der Waals surface area contributed by atoms with Crippen LogP contribution in [0.3, 0.4) is 0 Å². The molecule has 1 aromatic rings. The molecular weight excluding hydrogens is 302 g/mol. The van der Waals surface area contributed by atoms with Gasteiger partial charge in [-0.05, 0) is 51.7 Å². The van der Waals surface area contributed by atoms with Crippen LogP contribution in [-0.4, -0.2) is 48.6 Å². The molecule has 2 atom stereocenters. The van der Waals surface area contributed by atoms with E-state index in [-0.39, 0.29) is 12.1 Å².